The molecule has 0 spiro atoms. The first kappa shape index (κ1) is 15.1. The van der Waals surface area contributed by atoms with Crippen molar-refractivity contribution in [1.29, 1.82) is 0 Å². The lowest BCUT2D eigenvalue weighted by atomic mass is 10.3. The summed E-state index contributed by atoms with van der Waals surface area (Å²) in [7, 11) is 0. The zero-order valence-corrected chi connectivity index (χ0v) is 14.0. The first-order chi connectivity index (χ1) is 11.7. The van der Waals surface area contributed by atoms with Crippen LogP contribution >= 0.6 is 11.8 Å². The number of hydrogen-bond acceptors (Lipinski definition) is 5. The summed E-state index contributed by atoms with van der Waals surface area (Å²) in [5.41, 5.74) is 2.42. The van der Waals surface area contributed by atoms with Gasteiger partial charge in [-0.1, -0.05) is 6.07 Å². The van der Waals surface area contributed by atoms with Crippen molar-refractivity contribution in [3.05, 3.63) is 64.2 Å². The van der Waals surface area contributed by atoms with E-state index in [2.05, 4.69) is 4.98 Å². The van der Waals surface area contributed by atoms with Crippen molar-refractivity contribution >= 4 is 17.4 Å². The van der Waals surface area contributed by atoms with Crippen LogP contribution in [0.15, 0.2) is 52.3 Å². The second-order valence-corrected chi connectivity index (χ2v) is 6.61. The van der Waals surface area contributed by atoms with E-state index < -0.39 is 0 Å². The molecule has 3 aromatic rings. The van der Waals surface area contributed by atoms with Crippen LogP contribution < -0.4 is 15.0 Å². The zero-order valence-electron chi connectivity index (χ0n) is 13.2. The maximum atomic E-state index is 12.2. The summed E-state index contributed by atoms with van der Waals surface area (Å²) in [4.78, 5) is 17.9. The van der Waals surface area contributed by atoms with Gasteiger partial charge in [0.15, 0.2) is 11.5 Å². The van der Waals surface area contributed by atoms with Gasteiger partial charge >= 0.3 is 0 Å². The van der Waals surface area contributed by atoms with E-state index in [-0.39, 0.29) is 5.56 Å². The molecule has 3 heterocycles. The van der Waals surface area contributed by atoms with E-state index in [0.717, 1.165) is 27.7 Å². The molecule has 0 unspecified atom stereocenters. The average Bonchev–Trinajstić information content (AvgIpc) is 2.61. The van der Waals surface area contributed by atoms with Crippen LogP contribution in [0.5, 0.6) is 11.5 Å². The molecule has 2 aromatic heterocycles. The van der Waals surface area contributed by atoms with Gasteiger partial charge in [-0.25, -0.2) is 4.98 Å². The van der Waals surface area contributed by atoms with E-state index in [1.165, 1.54) is 0 Å². The monoisotopic (exact) mass is 340 g/mol. The summed E-state index contributed by atoms with van der Waals surface area (Å²) in [5, 5.41) is 0. The van der Waals surface area contributed by atoms with Gasteiger partial charge in [0, 0.05) is 22.9 Å². The highest BCUT2D eigenvalue weighted by Gasteiger charge is 2.12. The Balaban J connectivity index is 1.59. The molecular formula is C18H16N2O3S. The summed E-state index contributed by atoms with van der Waals surface area (Å²) in [6, 6.07) is 11.3. The lowest BCUT2D eigenvalue weighted by molar-refractivity contribution is 0.171. The van der Waals surface area contributed by atoms with E-state index >= 15 is 0 Å². The predicted molar refractivity (Wildman–Crippen MR) is 93.2 cm³/mol. The number of hydrogen-bond donors (Lipinski definition) is 0. The summed E-state index contributed by atoms with van der Waals surface area (Å²) in [5.74, 6) is 2.18. The fourth-order valence-electron chi connectivity index (χ4n) is 2.65. The Morgan fingerprint density at radius 2 is 2.00 bits per heavy atom. The normalized spacial score (nSPS) is 13.2. The largest absolute Gasteiger partial charge is 0.486 e. The third-order valence-corrected chi connectivity index (χ3v) is 4.87. The Morgan fingerprint density at radius 1 is 1.17 bits per heavy atom. The lowest BCUT2D eigenvalue weighted by Crippen LogP contribution is -2.16. The molecule has 4 rings (SSSR count). The third kappa shape index (κ3) is 2.85. The molecule has 0 atom stereocenters. The second kappa shape index (κ2) is 6.20. The minimum atomic E-state index is -0.0542. The summed E-state index contributed by atoms with van der Waals surface area (Å²) < 4.78 is 12.7. The number of nitrogens with zero attached hydrogens (tertiary/aromatic N) is 2. The molecule has 1 aliphatic rings. The van der Waals surface area contributed by atoms with Gasteiger partial charge in [-0.05, 0) is 36.8 Å². The smallest absolute Gasteiger partial charge is 0.258 e. The molecular weight excluding hydrogens is 324 g/mol. The standard InChI is InChI=1S/C18H16N2O3S/c1-12-3-2-6-20-17(21)9-13(19-18(12)20)11-24-14-4-5-15-16(10-14)23-8-7-22-15/h2-6,9-10H,7-8,11H2,1H3. The van der Waals surface area contributed by atoms with Crippen molar-refractivity contribution in [1.82, 2.24) is 9.38 Å². The van der Waals surface area contributed by atoms with Crippen LogP contribution in [0, 0.1) is 6.92 Å². The molecule has 0 saturated heterocycles. The number of ether oxygens (including phenoxy) is 2. The predicted octanol–water partition coefficient (Wildman–Crippen LogP) is 3.07. The first-order valence-corrected chi connectivity index (χ1v) is 8.70. The molecule has 24 heavy (non-hydrogen) atoms. The highest BCUT2D eigenvalue weighted by Crippen LogP contribution is 2.34. The quantitative estimate of drug-likeness (QED) is 0.686. The maximum Gasteiger partial charge on any atom is 0.258 e. The first-order valence-electron chi connectivity index (χ1n) is 7.71. The average molecular weight is 340 g/mol. The highest BCUT2D eigenvalue weighted by molar-refractivity contribution is 7.98. The van der Waals surface area contributed by atoms with Crippen molar-refractivity contribution < 1.29 is 9.47 Å². The van der Waals surface area contributed by atoms with Gasteiger partial charge in [-0.2, -0.15) is 0 Å². The van der Waals surface area contributed by atoms with E-state index in [0.29, 0.717) is 24.6 Å². The molecule has 1 aliphatic heterocycles. The van der Waals surface area contributed by atoms with Crippen LogP contribution in [0.4, 0.5) is 0 Å². The number of rotatable bonds is 3. The van der Waals surface area contributed by atoms with Gasteiger partial charge in [-0.15, -0.1) is 11.8 Å². The van der Waals surface area contributed by atoms with Crippen molar-refractivity contribution in [2.75, 3.05) is 13.2 Å². The molecule has 5 nitrogen and oxygen atoms in total. The fraction of sp³-hybridized carbons (Fsp3) is 0.222. The van der Waals surface area contributed by atoms with Gasteiger partial charge in [-0.3, -0.25) is 9.20 Å². The molecule has 1 aromatic carbocycles. The number of fused-ring (bicyclic) bond motifs is 2. The van der Waals surface area contributed by atoms with E-state index in [1.54, 1.807) is 28.4 Å². The van der Waals surface area contributed by atoms with Gasteiger partial charge in [0.05, 0.1) is 5.69 Å². The van der Waals surface area contributed by atoms with Gasteiger partial charge < -0.3 is 9.47 Å². The van der Waals surface area contributed by atoms with Crippen LogP contribution in [0.25, 0.3) is 5.65 Å². The van der Waals surface area contributed by atoms with Crippen LogP contribution in [0.3, 0.4) is 0 Å². The van der Waals surface area contributed by atoms with Gasteiger partial charge in [0.2, 0.25) is 0 Å². The Morgan fingerprint density at radius 3 is 2.88 bits per heavy atom. The molecule has 6 heteroatoms. The van der Waals surface area contributed by atoms with Crippen LogP contribution in [-0.2, 0) is 5.75 Å². The molecule has 0 N–H and O–H groups in total. The summed E-state index contributed by atoms with van der Waals surface area (Å²) in [6.07, 6.45) is 1.75. The number of aromatic nitrogens is 2. The van der Waals surface area contributed by atoms with E-state index in [1.807, 2.05) is 37.3 Å². The Kier molecular flexibility index (Phi) is 3.90. The number of aryl methyl sites for hydroxylation is 1. The summed E-state index contributed by atoms with van der Waals surface area (Å²) in [6.45, 7) is 3.12. The third-order valence-electron chi connectivity index (χ3n) is 3.84. The maximum absolute atomic E-state index is 12.2. The second-order valence-electron chi connectivity index (χ2n) is 5.56. The van der Waals surface area contributed by atoms with E-state index in [9.17, 15) is 4.79 Å². The Labute approximate surface area is 143 Å². The topological polar surface area (TPSA) is 52.8 Å². The molecule has 0 fully saturated rings. The van der Waals surface area contributed by atoms with Crippen molar-refractivity contribution in [3.8, 4) is 11.5 Å². The SMILES string of the molecule is Cc1cccn2c(=O)cc(CSc3ccc4c(c3)OCCO4)nc12. The fourth-order valence-corrected chi connectivity index (χ4v) is 3.47. The lowest BCUT2D eigenvalue weighted by Gasteiger charge is -2.18. The molecule has 0 saturated carbocycles. The van der Waals surface area contributed by atoms with Crippen LogP contribution in [-0.4, -0.2) is 22.6 Å². The van der Waals surface area contributed by atoms with Crippen molar-refractivity contribution in [2.45, 2.75) is 17.6 Å². The van der Waals surface area contributed by atoms with Gasteiger partial charge in [0.25, 0.3) is 5.56 Å². The Hall–Kier alpha value is -2.47. The summed E-state index contributed by atoms with van der Waals surface area (Å²) >= 11 is 1.62. The van der Waals surface area contributed by atoms with Crippen molar-refractivity contribution in [2.24, 2.45) is 0 Å². The number of benzene rings is 1. The van der Waals surface area contributed by atoms with Crippen molar-refractivity contribution in [3.63, 3.8) is 0 Å². The molecule has 0 aliphatic carbocycles. The number of thioether (sulfide) groups is 1. The zero-order chi connectivity index (χ0) is 16.5. The Bertz CT molecular complexity index is 968. The molecule has 0 amide bonds. The van der Waals surface area contributed by atoms with Crippen LogP contribution in [0.1, 0.15) is 11.3 Å². The molecule has 0 radical (unpaired) electrons. The minimum absolute atomic E-state index is 0.0542. The molecule has 0 bridgehead atoms. The van der Waals surface area contributed by atoms with E-state index in [4.69, 9.17) is 9.47 Å². The molecule has 122 valence electrons. The minimum Gasteiger partial charge on any atom is -0.486 e. The highest BCUT2D eigenvalue weighted by atomic mass is 32.2. The number of pyridine rings is 1. The van der Waals surface area contributed by atoms with Gasteiger partial charge in [0.1, 0.15) is 18.9 Å². The van der Waals surface area contributed by atoms with Crippen LogP contribution in [0.2, 0.25) is 0 Å².